The Hall–Kier alpha value is -1.26. The van der Waals surface area contributed by atoms with Gasteiger partial charge in [-0.05, 0) is 36.6 Å². The fourth-order valence-electron chi connectivity index (χ4n) is 2.56. The highest BCUT2D eigenvalue weighted by Gasteiger charge is 2.28. The number of carbonyl (C=O) groups excluding carboxylic acids is 2. The molecular formula is C17H23Cl2NO3. The summed E-state index contributed by atoms with van der Waals surface area (Å²) in [4.78, 5) is 25.6. The van der Waals surface area contributed by atoms with Gasteiger partial charge in [-0.25, -0.2) is 0 Å². The number of hydrogen-bond acceptors (Lipinski definition) is 3. The lowest BCUT2D eigenvalue weighted by atomic mass is 9.97. The molecule has 0 saturated carbocycles. The SMILES string of the molecule is CC.COC(=O)C1CCCN(C(=O)Cc2cc(Cl)cc(Cl)c2)C1. The second-order valence-electron chi connectivity index (χ2n) is 5.16. The van der Waals surface area contributed by atoms with Gasteiger partial charge in [0, 0.05) is 23.1 Å². The maximum absolute atomic E-state index is 12.3. The summed E-state index contributed by atoms with van der Waals surface area (Å²) in [6.45, 7) is 5.08. The smallest absolute Gasteiger partial charge is 0.310 e. The van der Waals surface area contributed by atoms with Crippen LogP contribution in [0, 0.1) is 5.92 Å². The third kappa shape index (κ3) is 6.04. The lowest BCUT2D eigenvalue weighted by Gasteiger charge is -2.31. The van der Waals surface area contributed by atoms with Crippen molar-refractivity contribution in [1.29, 1.82) is 0 Å². The average Bonchev–Trinajstić information content (AvgIpc) is 2.55. The number of halogens is 2. The van der Waals surface area contributed by atoms with Crippen LogP contribution in [0.15, 0.2) is 18.2 Å². The van der Waals surface area contributed by atoms with Crippen LogP contribution < -0.4 is 0 Å². The van der Waals surface area contributed by atoms with E-state index in [-0.39, 0.29) is 24.2 Å². The Morgan fingerprint density at radius 2 is 1.83 bits per heavy atom. The third-order valence-corrected chi connectivity index (χ3v) is 4.02. The van der Waals surface area contributed by atoms with E-state index >= 15 is 0 Å². The minimum Gasteiger partial charge on any atom is -0.469 e. The van der Waals surface area contributed by atoms with E-state index in [2.05, 4.69) is 0 Å². The lowest BCUT2D eigenvalue weighted by Crippen LogP contribution is -2.43. The summed E-state index contributed by atoms with van der Waals surface area (Å²) in [7, 11) is 1.37. The Kier molecular flexibility index (Phi) is 8.42. The molecule has 1 heterocycles. The van der Waals surface area contributed by atoms with Crippen molar-refractivity contribution in [2.45, 2.75) is 33.1 Å². The molecule has 0 aromatic heterocycles. The summed E-state index contributed by atoms with van der Waals surface area (Å²) in [5.41, 5.74) is 0.776. The number of nitrogens with zero attached hydrogens (tertiary/aromatic N) is 1. The number of likely N-dealkylation sites (tertiary alicyclic amines) is 1. The number of piperidine rings is 1. The van der Waals surface area contributed by atoms with Gasteiger partial charge in [0.2, 0.25) is 5.91 Å². The van der Waals surface area contributed by atoms with Crippen LogP contribution in [0.1, 0.15) is 32.3 Å². The lowest BCUT2D eigenvalue weighted by molar-refractivity contribution is -0.148. The average molecular weight is 360 g/mol. The molecule has 1 unspecified atom stereocenters. The van der Waals surface area contributed by atoms with Crippen molar-refractivity contribution in [2.75, 3.05) is 20.2 Å². The topological polar surface area (TPSA) is 46.6 Å². The van der Waals surface area contributed by atoms with Crippen molar-refractivity contribution >= 4 is 35.1 Å². The van der Waals surface area contributed by atoms with E-state index in [1.807, 2.05) is 13.8 Å². The number of rotatable bonds is 3. The first-order valence-electron chi connectivity index (χ1n) is 7.80. The molecular weight excluding hydrogens is 337 g/mol. The third-order valence-electron chi connectivity index (χ3n) is 3.59. The molecule has 6 heteroatoms. The molecule has 1 amide bonds. The zero-order valence-corrected chi connectivity index (χ0v) is 15.3. The van der Waals surface area contributed by atoms with Crippen molar-refractivity contribution in [2.24, 2.45) is 5.92 Å². The molecule has 2 rings (SSSR count). The van der Waals surface area contributed by atoms with Crippen LogP contribution in [-0.2, 0) is 20.7 Å². The van der Waals surface area contributed by atoms with Gasteiger partial charge in [-0.15, -0.1) is 0 Å². The standard InChI is InChI=1S/C15H17Cl2NO3.C2H6/c1-21-15(20)11-3-2-4-18(9-11)14(19)7-10-5-12(16)8-13(17)6-10;1-2/h5-6,8,11H,2-4,7,9H2,1H3;1-2H3. The molecule has 128 valence electrons. The molecule has 1 aliphatic heterocycles. The van der Waals surface area contributed by atoms with Gasteiger partial charge < -0.3 is 9.64 Å². The number of amides is 1. The summed E-state index contributed by atoms with van der Waals surface area (Å²) in [6, 6.07) is 5.09. The summed E-state index contributed by atoms with van der Waals surface area (Å²) in [5, 5.41) is 1.02. The first-order valence-corrected chi connectivity index (χ1v) is 8.55. The van der Waals surface area contributed by atoms with Gasteiger partial charge >= 0.3 is 5.97 Å². The van der Waals surface area contributed by atoms with E-state index < -0.39 is 0 Å². The summed E-state index contributed by atoms with van der Waals surface area (Å²) >= 11 is 11.9. The predicted molar refractivity (Wildman–Crippen MR) is 92.8 cm³/mol. The second-order valence-corrected chi connectivity index (χ2v) is 6.03. The highest BCUT2D eigenvalue weighted by molar-refractivity contribution is 6.34. The number of hydrogen-bond donors (Lipinski definition) is 0. The zero-order valence-electron chi connectivity index (χ0n) is 13.8. The minimum absolute atomic E-state index is 0.0260. The highest BCUT2D eigenvalue weighted by atomic mass is 35.5. The van der Waals surface area contributed by atoms with Crippen molar-refractivity contribution < 1.29 is 14.3 Å². The molecule has 1 fully saturated rings. The first-order chi connectivity index (χ1) is 11.0. The summed E-state index contributed by atoms with van der Waals surface area (Å²) < 4.78 is 4.76. The predicted octanol–water partition coefficient (Wildman–Crippen LogP) is 3.97. The number of ether oxygens (including phenoxy) is 1. The fourth-order valence-corrected chi connectivity index (χ4v) is 3.13. The van der Waals surface area contributed by atoms with Crippen LogP contribution in [-0.4, -0.2) is 37.0 Å². The molecule has 0 N–H and O–H groups in total. The maximum Gasteiger partial charge on any atom is 0.310 e. The molecule has 1 saturated heterocycles. The molecule has 23 heavy (non-hydrogen) atoms. The van der Waals surface area contributed by atoms with Crippen LogP contribution in [0.3, 0.4) is 0 Å². The zero-order chi connectivity index (χ0) is 17.4. The van der Waals surface area contributed by atoms with Crippen molar-refractivity contribution in [3.63, 3.8) is 0 Å². The van der Waals surface area contributed by atoms with E-state index in [9.17, 15) is 9.59 Å². The van der Waals surface area contributed by atoms with Gasteiger partial charge in [0.1, 0.15) is 0 Å². The van der Waals surface area contributed by atoms with Gasteiger partial charge in [0.25, 0.3) is 0 Å². The quantitative estimate of drug-likeness (QED) is 0.767. The van der Waals surface area contributed by atoms with Crippen LogP contribution in [0.2, 0.25) is 10.0 Å². The second kappa shape index (κ2) is 9.78. The van der Waals surface area contributed by atoms with Crippen molar-refractivity contribution in [3.8, 4) is 0 Å². The van der Waals surface area contributed by atoms with E-state index in [4.69, 9.17) is 27.9 Å². The Morgan fingerprint density at radius 3 is 2.39 bits per heavy atom. The Labute approximate surface area is 147 Å². The van der Waals surface area contributed by atoms with E-state index in [1.165, 1.54) is 7.11 Å². The maximum atomic E-state index is 12.3. The van der Waals surface area contributed by atoms with Crippen molar-refractivity contribution in [3.05, 3.63) is 33.8 Å². The molecule has 0 spiro atoms. The highest BCUT2D eigenvalue weighted by Crippen LogP contribution is 2.22. The Bertz CT molecular complexity index is 528. The molecule has 1 aliphatic rings. The summed E-state index contributed by atoms with van der Waals surface area (Å²) in [6.07, 6.45) is 1.80. The summed E-state index contributed by atoms with van der Waals surface area (Å²) in [5.74, 6) is -0.504. The van der Waals surface area contributed by atoms with Gasteiger partial charge in [0.15, 0.2) is 0 Å². The molecule has 0 aliphatic carbocycles. The van der Waals surface area contributed by atoms with E-state index in [1.54, 1.807) is 23.1 Å². The largest absolute Gasteiger partial charge is 0.469 e. The number of esters is 1. The van der Waals surface area contributed by atoms with Crippen LogP contribution >= 0.6 is 23.2 Å². The number of carbonyl (C=O) groups is 2. The minimum atomic E-state index is -0.252. The van der Waals surface area contributed by atoms with E-state index in [0.29, 0.717) is 23.1 Å². The molecule has 0 bridgehead atoms. The molecule has 4 nitrogen and oxygen atoms in total. The number of methoxy groups -OCH3 is 1. The Balaban J connectivity index is 0.00000127. The molecule has 1 atom stereocenters. The van der Waals surface area contributed by atoms with Gasteiger partial charge in [-0.1, -0.05) is 37.0 Å². The number of benzene rings is 1. The molecule has 1 aromatic rings. The first kappa shape index (κ1) is 19.8. The Morgan fingerprint density at radius 1 is 1.22 bits per heavy atom. The van der Waals surface area contributed by atoms with Gasteiger partial charge in [-0.3, -0.25) is 9.59 Å². The van der Waals surface area contributed by atoms with Crippen molar-refractivity contribution in [1.82, 2.24) is 4.90 Å². The van der Waals surface area contributed by atoms with E-state index in [0.717, 1.165) is 18.4 Å². The van der Waals surface area contributed by atoms with Crippen LogP contribution in [0.25, 0.3) is 0 Å². The molecule has 0 radical (unpaired) electrons. The van der Waals surface area contributed by atoms with Gasteiger partial charge in [-0.2, -0.15) is 0 Å². The monoisotopic (exact) mass is 359 g/mol. The molecule has 1 aromatic carbocycles. The van der Waals surface area contributed by atoms with Gasteiger partial charge in [0.05, 0.1) is 19.4 Å². The van der Waals surface area contributed by atoms with Crippen LogP contribution in [0.5, 0.6) is 0 Å². The van der Waals surface area contributed by atoms with Crippen LogP contribution in [0.4, 0.5) is 0 Å². The fraction of sp³-hybridized carbons (Fsp3) is 0.529. The normalized spacial score (nSPS) is 17.1.